The second-order valence-electron chi connectivity index (χ2n) is 6.49. The number of hydrogen-bond donors (Lipinski definition) is 0. The highest BCUT2D eigenvalue weighted by molar-refractivity contribution is 7.10. The molecule has 1 aliphatic carbocycles. The minimum absolute atomic E-state index is 0.193. The van der Waals surface area contributed by atoms with Crippen molar-refractivity contribution in [3.63, 3.8) is 0 Å². The number of benzene rings is 1. The highest BCUT2D eigenvalue weighted by Gasteiger charge is 2.26. The van der Waals surface area contributed by atoms with Crippen molar-refractivity contribution >= 4 is 23.2 Å². The fraction of sp³-hybridized carbons (Fsp3) is 0.400. The number of esters is 1. The Morgan fingerprint density at radius 1 is 1.20 bits per heavy atom. The summed E-state index contributed by atoms with van der Waals surface area (Å²) in [6, 6.07) is 9.76. The molecule has 0 radical (unpaired) electrons. The Kier molecular flexibility index (Phi) is 5.53. The largest absolute Gasteiger partial charge is 0.449 e. The summed E-state index contributed by atoms with van der Waals surface area (Å²) in [5.74, 6) is -0.574. The van der Waals surface area contributed by atoms with Crippen LogP contribution in [0.5, 0.6) is 0 Å². The van der Waals surface area contributed by atoms with Crippen LogP contribution >= 0.6 is 11.3 Å². The molecule has 4 nitrogen and oxygen atoms in total. The van der Waals surface area contributed by atoms with Gasteiger partial charge in [-0.25, -0.2) is 4.79 Å². The average molecular weight is 357 g/mol. The van der Waals surface area contributed by atoms with Gasteiger partial charge in [0.05, 0.1) is 5.56 Å². The van der Waals surface area contributed by atoms with Crippen LogP contribution in [0.3, 0.4) is 0 Å². The number of thiophene rings is 1. The lowest BCUT2D eigenvalue weighted by molar-refractivity contribution is -0.139. The fourth-order valence-corrected chi connectivity index (χ4v) is 4.30. The van der Waals surface area contributed by atoms with Gasteiger partial charge in [-0.05, 0) is 43.7 Å². The van der Waals surface area contributed by atoms with Crippen LogP contribution in [0.4, 0.5) is 0 Å². The number of carbonyl (C=O) groups excluding carboxylic acids is 2. The lowest BCUT2D eigenvalue weighted by Crippen LogP contribution is -2.37. The van der Waals surface area contributed by atoms with Crippen LogP contribution in [-0.4, -0.2) is 29.9 Å². The molecule has 0 bridgehead atoms. The summed E-state index contributed by atoms with van der Waals surface area (Å²) >= 11 is 1.63. The highest BCUT2D eigenvalue weighted by Crippen LogP contribution is 2.30. The number of rotatable bonds is 5. The molecule has 0 N–H and O–H groups in total. The molecule has 1 heterocycles. The molecule has 1 amide bonds. The molecule has 132 valence electrons. The maximum Gasteiger partial charge on any atom is 0.340 e. The van der Waals surface area contributed by atoms with Crippen molar-refractivity contribution in [2.24, 2.45) is 0 Å². The Morgan fingerprint density at radius 2 is 1.92 bits per heavy atom. The third-order valence-electron chi connectivity index (χ3n) is 4.55. The van der Waals surface area contributed by atoms with Gasteiger partial charge in [-0.1, -0.05) is 30.3 Å². The molecule has 0 saturated heterocycles. The summed E-state index contributed by atoms with van der Waals surface area (Å²) in [6.07, 6.45) is 3.47. The first kappa shape index (κ1) is 17.7. The molecule has 0 fully saturated rings. The van der Waals surface area contributed by atoms with Gasteiger partial charge in [-0.3, -0.25) is 4.79 Å². The lowest BCUT2D eigenvalue weighted by Gasteiger charge is -2.22. The van der Waals surface area contributed by atoms with Gasteiger partial charge in [0.2, 0.25) is 0 Å². The molecule has 1 aromatic heterocycles. The fourth-order valence-electron chi connectivity index (χ4n) is 3.19. The van der Waals surface area contributed by atoms with Gasteiger partial charge in [0.1, 0.15) is 0 Å². The molecule has 0 unspecified atom stereocenters. The first-order chi connectivity index (χ1) is 12.1. The van der Waals surface area contributed by atoms with Crippen molar-refractivity contribution in [1.29, 1.82) is 0 Å². The minimum atomic E-state index is -0.791. The average Bonchev–Trinajstić information content (AvgIpc) is 3.06. The second-order valence-corrected chi connectivity index (χ2v) is 7.45. The number of ether oxygens (including phenoxy) is 1. The lowest BCUT2D eigenvalue weighted by atomic mass is 9.96. The summed E-state index contributed by atoms with van der Waals surface area (Å²) in [6.45, 7) is 2.13. The molecule has 1 aromatic carbocycles. The normalized spacial score (nSPS) is 14.5. The SMILES string of the molecule is C[C@@H](OC(=O)c1csc2c1CCCC2)C(=O)N(C)Cc1ccccc1. The molecular formula is C20H23NO3S. The van der Waals surface area contributed by atoms with Crippen LogP contribution in [-0.2, 0) is 28.9 Å². The van der Waals surface area contributed by atoms with E-state index >= 15 is 0 Å². The van der Waals surface area contributed by atoms with Gasteiger partial charge in [0, 0.05) is 23.8 Å². The summed E-state index contributed by atoms with van der Waals surface area (Å²) in [5, 5.41) is 1.88. The Hall–Kier alpha value is -2.14. The van der Waals surface area contributed by atoms with Gasteiger partial charge in [0.25, 0.3) is 5.91 Å². The zero-order valence-electron chi connectivity index (χ0n) is 14.7. The van der Waals surface area contributed by atoms with E-state index in [4.69, 9.17) is 4.74 Å². The molecule has 2 aromatic rings. The maximum atomic E-state index is 12.5. The van der Waals surface area contributed by atoms with Gasteiger partial charge in [-0.15, -0.1) is 11.3 Å². The first-order valence-corrected chi connectivity index (χ1v) is 9.53. The van der Waals surface area contributed by atoms with E-state index in [1.807, 2.05) is 35.7 Å². The van der Waals surface area contributed by atoms with Crippen LogP contribution < -0.4 is 0 Å². The molecule has 3 rings (SSSR count). The number of fused-ring (bicyclic) bond motifs is 1. The van der Waals surface area contributed by atoms with E-state index in [1.54, 1.807) is 30.2 Å². The van der Waals surface area contributed by atoms with Crippen LogP contribution in [0.15, 0.2) is 35.7 Å². The van der Waals surface area contributed by atoms with Gasteiger partial charge >= 0.3 is 5.97 Å². The molecule has 25 heavy (non-hydrogen) atoms. The standard InChI is InChI=1S/C20H23NO3S/c1-14(19(22)21(2)12-15-8-4-3-5-9-15)24-20(23)17-13-25-18-11-7-6-10-16(17)18/h3-5,8-9,13-14H,6-7,10-12H2,1-2H3/t14-/m1/s1. The molecule has 0 aliphatic heterocycles. The quantitative estimate of drug-likeness (QED) is 0.764. The smallest absolute Gasteiger partial charge is 0.340 e. The van der Waals surface area contributed by atoms with E-state index in [-0.39, 0.29) is 11.9 Å². The number of likely N-dealkylation sites (N-methyl/N-ethyl adjacent to an activating group) is 1. The number of carbonyl (C=O) groups is 2. The van der Waals surface area contributed by atoms with E-state index in [9.17, 15) is 9.59 Å². The Balaban J connectivity index is 1.61. The van der Waals surface area contributed by atoms with E-state index in [0.717, 1.165) is 30.4 Å². The van der Waals surface area contributed by atoms with E-state index in [2.05, 4.69) is 0 Å². The number of aryl methyl sites for hydroxylation is 1. The Labute approximate surface area is 152 Å². The maximum absolute atomic E-state index is 12.5. The Morgan fingerprint density at radius 3 is 2.68 bits per heavy atom. The van der Waals surface area contributed by atoms with Gasteiger partial charge < -0.3 is 9.64 Å². The van der Waals surface area contributed by atoms with E-state index < -0.39 is 6.10 Å². The van der Waals surface area contributed by atoms with Crippen LogP contribution in [0.25, 0.3) is 0 Å². The summed E-state index contributed by atoms with van der Waals surface area (Å²) in [4.78, 5) is 27.9. The summed E-state index contributed by atoms with van der Waals surface area (Å²) in [7, 11) is 1.73. The predicted molar refractivity (Wildman–Crippen MR) is 98.8 cm³/mol. The Bertz CT molecular complexity index is 754. The predicted octanol–water partition coefficient (Wildman–Crippen LogP) is 3.83. The zero-order chi connectivity index (χ0) is 17.8. The second kappa shape index (κ2) is 7.83. The molecule has 1 atom stereocenters. The number of hydrogen-bond acceptors (Lipinski definition) is 4. The molecule has 0 spiro atoms. The minimum Gasteiger partial charge on any atom is -0.449 e. The van der Waals surface area contributed by atoms with Gasteiger partial charge in [0.15, 0.2) is 6.10 Å². The van der Waals surface area contributed by atoms with Crippen molar-refractivity contribution in [3.05, 3.63) is 57.3 Å². The monoisotopic (exact) mass is 357 g/mol. The topological polar surface area (TPSA) is 46.6 Å². The van der Waals surface area contributed by atoms with Gasteiger partial charge in [-0.2, -0.15) is 0 Å². The van der Waals surface area contributed by atoms with Crippen molar-refractivity contribution in [3.8, 4) is 0 Å². The van der Waals surface area contributed by atoms with Crippen molar-refractivity contribution in [2.45, 2.75) is 45.3 Å². The van der Waals surface area contributed by atoms with Crippen molar-refractivity contribution in [1.82, 2.24) is 4.90 Å². The molecule has 0 saturated carbocycles. The van der Waals surface area contributed by atoms with Crippen molar-refractivity contribution in [2.75, 3.05) is 7.05 Å². The van der Waals surface area contributed by atoms with Crippen LogP contribution in [0, 0.1) is 0 Å². The third-order valence-corrected chi connectivity index (χ3v) is 5.64. The summed E-state index contributed by atoms with van der Waals surface area (Å²) < 4.78 is 5.46. The van der Waals surface area contributed by atoms with Crippen molar-refractivity contribution < 1.29 is 14.3 Å². The third kappa shape index (κ3) is 4.10. The first-order valence-electron chi connectivity index (χ1n) is 8.65. The number of nitrogens with zero attached hydrogens (tertiary/aromatic N) is 1. The summed E-state index contributed by atoms with van der Waals surface area (Å²) in [5.41, 5.74) is 2.81. The molecule has 5 heteroatoms. The van der Waals surface area contributed by atoms with Crippen LogP contribution in [0.2, 0.25) is 0 Å². The van der Waals surface area contributed by atoms with E-state index in [0.29, 0.717) is 12.1 Å². The zero-order valence-corrected chi connectivity index (χ0v) is 15.5. The molecular weight excluding hydrogens is 334 g/mol. The highest BCUT2D eigenvalue weighted by atomic mass is 32.1. The molecule has 1 aliphatic rings. The van der Waals surface area contributed by atoms with E-state index in [1.165, 1.54) is 11.3 Å². The van der Waals surface area contributed by atoms with Crippen LogP contribution in [0.1, 0.15) is 46.1 Å². The number of amides is 1.